The van der Waals surface area contributed by atoms with E-state index in [0.717, 1.165) is 31.1 Å². The van der Waals surface area contributed by atoms with Crippen molar-refractivity contribution >= 4 is 35.8 Å². The van der Waals surface area contributed by atoms with E-state index in [1.807, 2.05) is 30.3 Å². The Hall–Kier alpha value is -0.710. The SMILES string of the molecule is CCN(CC)CCSCC(=O)Nc1ccccc1.Cl. The molecule has 0 saturated carbocycles. The Morgan fingerprint density at radius 1 is 1.21 bits per heavy atom. The number of amides is 1. The molecule has 3 nitrogen and oxygen atoms in total. The van der Waals surface area contributed by atoms with Crippen LogP contribution in [0.25, 0.3) is 0 Å². The molecule has 0 aliphatic rings. The number of rotatable bonds is 8. The number of anilines is 1. The average Bonchev–Trinajstić information content (AvgIpc) is 2.40. The zero-order chi connectivity index (χ0) is 13.2. The Morgan fingerprint density at radius 2 is 1.84 bits per heavy atom. The molecule has 0 unspecified atom stereocenters. The fourth-order valence-electron chi connectivity index (χ4n) is 1.62. The van der Waals surface area contributed by atoms with Crippen LogP contribution in [-0.2, 0) is 4.79 Å². The molecule has 19 heavy (non-hydrogen) atoms. The highest BCUT2D eigenvalue weighted by Crippen LogP contribution is 2.07. The van der Waals surface area contributed by atoms with Crippen LogP contribution in [-0.4, -0.2) is 41.9 Å². The van der Waals surface area contributed by atoms with Crippen LogP contribution in [0.1, 0.15) is 13.8 Å². The molecule has 0 radical (unpaired) electrons. The van der Waals surface area contributed by atoms with Gasteiger partial charge in [-0.15, -0.1) is 12.4 Å². The normalized spacial score (nSPS) is 10.1. The zero-order valence-corrected chi connectivity index (χ0v) is 13.2. The number of carbonyl (C=O) groups is 1. The molecule has 0 bridgehead atoms. The van der Waals surface area contributed by atoms with E-state index >= 15 is 0 Å². The largest absolute Gasteiger partial charge is 0.325 e. The Kier molecular flexibility index (Phi) is 10.7. The van der Waals surface area contributed by atoms with Gasteiger partial charge in [0.25, 0.3) is 0 Å². The first kappa shape index (κ1) is 18.3. The van der Waals surface area contributed by atoms with Gasteiger partial charge in [0.05, 0.1) is 5.75 Å². The van der Waals surface area contributed by atoms with Gasteiger partial charge in [-0.3, -0.25) is 4.79 Å². The van der Waals surface area contributed by atoms with Gasteiger partial charge in [-0.1, -0.05) is 32.0 Å². The molecule has 1 aromatic rings. The Morgan fingerprint density at radius 3 is 2.42 bits per heavy atom. The highest BCUT2D eigenvalue weighted by Gasteiger charge is 2.03. The lowest BCUT2D eigenvalue weighted by atomic mass is 10.3. The maximum Gasteiger partial charge on any atom is 0.234 e. The first-order valence-electron chi connectivity index (χ1n) is 6.41. The molecule has 1 amide bonds. The van der Waals surface area contributed by atoms with Crippen molar-refractivity contribution in [3.63, 3.8) is 0 Å². The van der Waals surface area contributed by atoms with Gasteiger partial charge in [-0.2, -0.15) is 11.8 Å². The van der Waals surface area contributed by atoms with Crippen molar-refractivity contribution < 1.29 is 4.79 Å². The van der Waals surface area contributed by atoms with Crippen molar-refractivity contribution in [1.82, 2.24) is 4.90 Å². The monoisotopic (exact) mass is 302 g/mol. The van der Waals surface area contributed by atoms with Crippen molar-refractivity contribution in [2.45, 2.75) is 13.8 Å². The van der Waals surface area contributed by atoms with Crippen LogP contribution in [0.4, 0.5) is 5.69 Å². The van der Waals surface area contributed by atoms with Crippen molar-refractivity contribution in [3.8, 4) is 0 Å². The highest BCUT2D eigenvalue weighted by molar-refractivity contribution is 7.99. The predicted molar refractivity (Wildman–Crippen MR) is 87.4 cm³/mol. The van der Waals surface area contributed by atoms with E-state index in [-0.39, 0.29) is 18.3 Å². The average molecular weight is 303 g/mol. The van der Waals surface area contributed by atoms with E-state index in [2.05, 4.69) is 24.1 Å². The summed E-state index contributed by atoms with van der Waals surface area (Å²) in [5.41, 5.74) is 0.867. The minimum Gasteiger partial charge on any atom is -0.325 e. The quantitative estimate of drug-likeness (QED) is 0.749. The number of thioether (sulfide) groups is 1. The third-order valence-electron chi connectivity index (χ3n) is 2.74. The number of hydrogen-bond donors (Lipinski definition) is 1. The number of halogens is 1. The Labute approximate surface area is 126 Å². The number of benzene rings is 1. The van der Waals surface area contributed by atoms with Gasteiger partial charge >= 0.3 is 0 Å². The molecule has 1 N–H and O–H groups in total. The molecule has 0 aromatic heterocycles. The number of para-hydroxylation sites is 1. The second kappa shape index (κ2) is 11.1. The minimum absolute atomic E-state index is 0. The Bertz CT molecular complexity index is 345. The van der Waals surface area contributed by atoms with Crippen molar-refractivity contribution in [1.29, 1.82) is 0 Å². The van der Waals surface area contributed by atoms with Crippen molar-refractivity contribution in [3.05, 3.63) is 30.3 Å². The van der Waals surface area contributed by atoms with E-state index in [4.69, 9.17) is 0 Å². The summed E-state index contributed by atoms with van der Waals surface area (Å²) in [6.45, 7) is 7.53. The van der Waals surface area contributed by atoms with Crippen LogP contribution in [0.2, 0.25) is 0 Å². The Balaban J connectivity index is 0.00000324. The topological polar surface area (TPSA) is 32.3 Å². The molecule has 1 aromatic carbocycles. The van der Waals surface area contributed by atoms with Crippen LogP contribution in [0.15, 0.2) is 30.3 Å². The van der Waals surface area contributed by atoms with Gasteiger partial charge in [-0.25, -0.2) is 0 Å². The molecule has 0 aliphatic heterocycles. The molecule has 0 aliphatic carbocycles. The highest BCUT2D eigenvalue weighted by atomic mass is 35.5. The van der Waals surface area contributed by atoms with E-state index < -0.39 is 0 Å². The molecule has 5 heteroatoms. The fourth-order valence-corrected chi connectivity index (χ4v) is 2.41. The molecule has 1 rings (SSSR count). The minimum atomic E-state index is 0. The molecule has 0 fully saturated rings. The third-order valence-corrected chi connectivity index (χ3v) is 3.67. The molecule has 0 atom stereocenters. The van der Waals surface area contributed by atoms with Gasteiger partial charge in [0, 0.05) is 18.0 Å². The zero-order valence-electron chi connectivity index (χ0n) is 11.6. The van der Waals surface area contributed by atoms with Gasteiger partial charge < -0.3 is 10.2 Å². The third kappa shape index (κ3) is 8.14. The summed E-state index contributed by atoms with van der Waals surface area (Å²) in [6, 6.07) is 9.58. The van der Waals surface area contributed by atoms with E-state index in [0.29, 0.717) is 5.75 Å². The van der Waals surface area contributed by atoms with E-state index in [1.165, 1.54) is 0 Å². The first-order chi connectivity index (χ1) is 8.76. The van der Waals surface area contributed by atoms with Crippen LogP contribution in [0, 0.1) is 0 Å². The fraction of sp³-hybridized carbons (Fsp3) is 0.500. The van der Waals surface area contributed by atoms with Crippen LogP contribution >= 0.6 is 24.2 Å². The maximum atomic E-state index is 11.7. The maximum absolute atomic E-state index is 11.7. The van der Waals surface area contributed by atoms with Crippen LogP contribution in [0.3, 0.4) is 0 Å². The van der Waals surface area contributed by atoms with Gasteiger partial charge in [-0.05, 0) is 25.2 Å². The summed E-state index contributed by atoms with van der Waals surface area (Å²) in [4.78, 5) is 14.0. The second-order valence-electron chi connectivity index (χ2n) is 3.99. The first-order valence-corrected chi connectivity index (χ1v) is 7.56. The van der Waals surface area contributed by atoms with Crippen LogP contribution in [0.5, 0.6) is 0 Å². The summed E-state index contributed by atoms with van der Waals surface area (Å²) < 4.78 is 0. The van der Waals surface area contributed by atoms with Crippen LogP contribution < -0.4 is 5.32 Å². The number of carbonyl (C=O) groups excluding carboxylic acids is 1. The predicted octanol–water partition coefficient (Wildman–Crippen LogP) is 3.12. The lowest BCUT2D eigenvalue weighted by Gasteiger charge is -2.17. The van der Waals surface area contributed by atoms with Gasteiger partial charge in [0.1, 0.15) is 0 Å². The lowest BCUT2D eigenvalue weighted by Crippen LogP contribution is -2.26. The molecular formula is C14H23ClN2OS. The number of nitrogens with one attached hydrogen (secondary N) is 1. The van der Waals surface area contributed by atoms with Gasteiger partial charge in [0.15, 0.2) is 0 Å². The molecule has 108 valence electrons. The summed E-state index contributed by atoms with van der Waals surface area (Å²) >= 11 is 1.69. The summed E-state index contributed by atoms with van der Waals surface area (Å²) in [7, 11) is 0. The molecule has 0 spiro atoms. The second-order valence-corrected chi connectivity index (χ2v) is 5.10. The summed E-state index contributed by atoms with van der Waals surface area (Å²) in [6.07, 6.45) is 0. The number of hydrogen-bond acceptors (Lipinski definition) is 3. The molecule has 0 heterocycles. The summed E-state index contributed by atoms with van der Waals surface area (Å²) in [5.74, 6) is 1.60. The lowest BCUT2D eigenvalue weighted by molar-refractivity contribution is -0.113. The van der Waals surface area contributed by atoms with Crippen molar-refractivity contribution in [2.24, 2.45) is 0 Å². The van der Waals surface area contributed by atoms with Crippen molar-refractivity contribution in [2.75, 3.05) is 36.5 Å². The smallest absolute Gasteiger partial charge is 0.234 e. The molecular weight excluding hydrogens is 280 g/mol. The summed E-state index contributed by atoms with van der Waals surface area (Å²) in [5, 5.41) is 2.88. The molecule has 0 saturated heterocycles. The van der Waals surface area contributed by atoms with E-state index in [1.54, 1.807) is 11.8 Å². The standard InChI is InChI=1S/C14H22N2OS.ClH/c1-3-16(4-2)10-11-18-12-14(17)15-13-8-6-5-7-9-13;/h5-9H,3-4,10-12H2,1-2H3,(H,15,17);1H. The van der Waals surface area contributed by atoms with E-state index in [9.17, 15) is 4.79 Å². The van der Waals surface area contributed by atoms with Gasteiger partial charge in [0.2, 0.25) is 5.91 Å². The number of nitrogens with zero attached hydrogens (tertiary/aromatic N) is 1.